The Balaban J connectivity index is 2.40. The van der Waals surface area contributed by atoms with Crippen molar-refractivity contribution < 1.29 is 17.2 Å². The number of benzene rings is 1. The molecule has 0 aliphatic heterocycles. The van der Waals surface area contributed by atoms with Crippen LogP contribution in [0, 0.1) is 11.6 Å². The normalized spacial score (nSPS) is 11.7. The van der Waals surface area contributed by atoms with Crippen LogP contribution >= 0.6 is 0 Å². The zero-order chi connectivity index (χ0) is 14.3. The number of sulfonamides is 1. The monoisotopic (exact) mass is 292 g/mol. The Labute approximate surface area is 112 Å². The average molecular weight is 292 g/mol. The number of hydrogen-bond acceptors (Lipinski definition) is 3. The van der Waals surface area contributed by atoms with Crippen LogP contribution in [-0.4, -0.2) is 34.3 Å². The van der Waals surface area contributed by atoms with E-state index in [1.165, 1.54) is 12.1 Å². The van der Waals surface area contributed by atoms with E-state index in [0.29, 0.717) is 18.5 Å². The first-order chi connectivity index (χ1) is 8.93. The van der Waals surface area contributed by atoms with E-state index in [1.807, 2.05) is 0 Å². The molecule has 2 N–H and O–H groups in total. The van der Waals surface area contributed by atoms with Gasteiger partial charge < -0.3 is 5.32 Å². The maximum absolute atomic E-state index is 12.9. The van der Waals surface area contributed by atoms with Gasteiger partial charge in [0.1, 0.15) is 11.6 Å². The highest BCUT2D eigenvalue weighted by molar-refractivity contribution is 7.89. The van der Waals surface area contributed by atoms with Crippen molar-refractivity contribution >= 4 is 10.0 Å². The van der Waals surface area contributed by atoms with Crippen molar-refractivity contribution in [3.63, 3.8) is 0 Å². The average Bonchev–Trinajstić information content (AvgIpc) is 2.27. The van der Waals surface area contributed by atoms with Gasteiger partial charge in [0.25, 0.3) is 0 Å². The Kier molecular flexibility index (Phi) is 6.33. The third kappa shape index (κ3) is 6.60. The maximum atomic E-state index is 12.9. The molecule has 0 amide bonds. The molecule has 0 spiro atoms. The van der Waals surface area contributed by atoms with Crippen molar-refractivity contribution in [1.29, 1.82) is 0 Å². The summed E-state index contributed by atoms with van der Waals surface area (Å²) in [4.78, 5) is 0. The summed E-state index contributed by atoms with van der Waals surface area (Å²) in [5, 5.41) is 2.86. The van der Waals surface area contributed by atoms with Gasteiger partial charge in [0, 0.05) is 12.6 Å². The molecule has 7 heteroatoms. The Morgan fingerprint density at radius 2 is 1.74 bits per heavy atom. The molecule has 0 radical (unpaired) electrons. The Hall–Kier alpha value is -1.05. The Morgan fingerprint density at radius 1 is 1.11 bits per heavy atom. The molecule has 0 bridgehead atoms. The number of hydrogen-bond donors (Lipinski definition) is 2. The van der Waals surface area contributed by atoms with Gasteiger partial charge in [-0.1, -0.05) is 0 Å². The number of nitrogens with one attached hydrogen (secondary N) is 2. The van der Waals surface area contributed by atoms with Gasteiger partial charge >= 0.3 is 0 Å². The van der Waals surface area contributed by atoms with Gasteiger partial charge in [-0.15, -0.1) is 0 Å². The summed E-state index contributed by atoms with van der Waals surface area (Å²) < 4.78 is 51.3. The lowest BCUT2D eigenvalue weighted by molar-refractivity contribution is 0.574. The van der Waals surface area contributed by atoms with Crippen molar-refractivity contribution in [3.05, 3.63) is 35.4 Å². The first-order valence-corrected chi connectivity index (χ1v) is 7.65. The summed E-state index contributed by atoms with van der Waals surface area (Å²) in [5.41, 5.74) is 0.426. The molecular weight excluding hydrogens is 274 g/mol. The highest BCUT2D eigenvalue weighted by Gasteiger charge is 2.09. The second-order valence-electron chi connectivity index (χ2n) is 4.20. The van der Waals surface area contributed by atoms with Gasteiger partial charge in [-0.05, 0) is 44.1 Å². The standard InChI is InChI=1S/C12H18F2N2O2S/c1-15-4-2-6-19(17,18)16-5-3-10-7-11(13)9-12(14)8-10/h7-9,15-16H,2-6H2,1H3. The van der Waals surface area contributed by atoms with Crippen LogP contribution in [0.2, 0.25) is 0 Å². The second kappa shape index (κ2) is 7.52. The molecular formula is C12H18F2N2O2S. The molecule has 0 unspecified atom stereocenters. The summed E-state index contributed by atoms with van der Waals surface area (Å²) in [6.45, 7) is 0.751. The highest BCUT2D eigenvalue weighted by Crippen LogP contribution is 2.08. The van der Waals surface area contributed by atoms with Crippen molar-refractivity contribution in [3.8, 4) is 0 Å². The molecule has 1 aromatic rings. The molecule has 19 heavy (non-hydrogen) atoms. The van der Waals surface area contributed by atoms with Crippen LogP contribution < -0.4 is 10.0 Å². The van der Waals surface area contributed by atoms with Gasteiger partial charge in [0.15, 0.2) is 0 Å². The molecule has 0 saturated heterocycles. The van der Waals surface area contributed by atoms with Crippen LogP contribution in [-0.2, 0) is 16.4 Å². The van der Waals surface area contributed by atoms with Crippen LogP contribution in [0.15, 0.2) is 18.2 Å². The summed E-state index contributed by atoms with van der Waals surface area (Å²) in [7, 11) is -1.57. The molecule has 0 fully saturated rings. The molecule has 0 heterocycles. The van der Waals surface area contributed by atoms with E-state index in [0.717, 1.165) is 6.07 Å². The largest absolute Gasteiger partial charge is 0.320 e. The van der Waals surface area contributed by atoms with Gasteiger partial charge in [-0.25, -0.2) is 21.9 Å². The maximum Gasteiger partial charge on any atom is 0.211 e. The van der Waals surface area contributed by atoms with Crippen molar-refractivity contribution in [2.75, 3.05) is 25.9 Å². The zero-order valence-electron chi connectivity index (χ0n) is 10.7. The van der Waals surface area contributed by atoms with Gasteiger partial charge in [0.05, 0.1) is 5.75 Å². The summed E-state index contributed by atoms with van der Waals surface area (Å²) in [6, 6.07) is 3.17. The fraction of sp³-hybridized carbons (Fsp3) is 0.500. The second-order valence-corrected chi connectivity index (χ2v) is 6.12. The van der Waals surface area contributed by atoms with E-state index in [2.05, 4.69) is 10.0 Å². The topological polar surface area (TPSA) is 58.2 Å². The first-order valence-electron chi connectivity index (χ1n) is 6.00. The third-order valence-electron chi connectivity index (χ3n) is 2.50. The molecule has 0 aliphatic carbocycles. The lowest BCUT2D eigenvalue weighted by atomic mass is 10.1. The smallest absolute Gasteiger partial charge is 0.211 e. The minimum Gasteiger partial charge on any atom is -0.320 e. The number of halogens is 2. The molecule has 0 aromatic heterocycles. The SMILES string of the molecule is CNCCCS(=O)(=O)NCCc1cc(F)cc(F)c1. The molecule has 1 aromatic carbocycles. The Bertz CT molecular complexity index is 486. The van der Waals surface area contributed by atoms with Gasteiger partial charge in [-0.3, -0.25) is 0 Å². The highest BCUT2D eigenvalue weighted by atomic mass is 32.2. The van der Waals surface area contributed by atoms with E-state index in [4.69, 9.17) is 0 Å². The van der Waals surface area contributed by atoms with Gasteiger partial charge in [-0.2, -0.15) is 0 Å². The fourth-order valence-corrected chi connectivity index (χ4v) is 2.70. The summed E-state index contributed by atoms with van der Waals surface area (Å²) in [6.07, 6.45) is 0.764. The molecule has 1 rings (SSSR count). The van der Waals surface area contributed by atoms with Crippen molar-refractivity contribution in [2.24, 2.45) is 0 Å². The molecule has 108 valence electrons. The van der Waals surface area contributed by atoms with E-state index in [-0.39, 0.29) is 18.7 Å². The predicted molar refractivity (Wildman–Crippen MR) is 70.4 cm³/mol. The van der Waals surface area contributed by atoms with Crippen LogP contribution in [0.25, 0.3) is 0 Å². The van der Waals surface area contributed by atoms with Gasteiger partial charge in [0.2, 0.25) is 10.0 Å². The minimum absolute atomic E-state index is 0.0331. The van der Waals surface area contributed by atoms with E-state index in [1.54, 1.807) is 7.05 Å². The quantitative estimate of drug-likeness (QED) is 0.704. The van der Waals surface area contributed by atoms with Crippen LogP contribution in [0.4, 0.5) is 8.78 Å². The Morgan fingerprint density at radius 3 is 2.32 bits per heavy atom. The predicted octanol–water partition coefficient (Wildman–Crippen LogP) is 1.04. The molecule has 4 nitrogen and oxygen atoms in total. The molecule has 0 atom stereocenters. The van der Waals surface area contributed by atoms with E-state index in [9.17, 15) is 17.2 Å². The van der Waals surface area contributed by atoms with E-state index < -0.39 is 21.7 Å². The van der Waals surface area contributed by atoms with Crippen LogP contribution in [0.1, 0.15) is 12.0 Å². The lowest BCUT2D eigenvalue weighted by Gasteiger charge is -2.07. The van der Waals surface area contributed by atoms with Crippen molar-refractivity contribution in [1.82, 2.24) is 10.0 Å². The molecule has 0 saturated carbocycles. The van der Waals surface area contributed by atoms with Crippen molar-refractivity contribution in [2.45, 2.75) is 12.8 Å². The number of rotatable bonds is 8. The first kappa shape index (κ1) is 16.0. The third-order valence-corrected chi connectivity index (χ3v) is 3.97. The summed E-state index contributed by atoms with van der Waals surface area (Å²) in [5.74, 6) is -1.29. The lowest BCUT2D eigenvalue weighted by Crippen LogP contribution is -2.29. The fourth-order valence-electron chi connectivity index (χ4n) is 1.62. The van der Waals surface area contributed by atoms with E-state index >= 15 is 0 Å². The zero-order valence-corrected chi connectivity index (χ0v) is 11.6. The molecule has 0 aliphatic rings. The van der Waals surface area contributed by atoms with Crippen LogP contribution in [0.5, 0.6) is 0 Å². The van der Waals surface area contributed by atoms with Crippen LogP contribution in [0.3, 0.4) is 0 Å². The minimum atomic E-state index is -3.32. The summed E-state index contributed by atoms with van der Waals surface area (Å²) >= 11 is 0.